The normalized spacial score (nSPS) is 15.6. The van der Waals surface area contributed by atoms with Crippen molar-refractivity contribution in [3.8, 4) is 0 Å². The van der Waals surface area contributed by atoms with Crippen molar-refractivity contribution < 1.29 is 8.42 Å². The van der Waals surface area contributed by atoms with Crippen LogP contribution < -0.4 is 5.32 Å². The fourth-order valence-corrected chi connectivity index (χ4v) is 3.92. The molecule has 0 aromatic carbocycles. The molecule has 6 heteroatoms. The minimum absolute atomic E-state index is 0.183. The zero-order valence-electron chi connectivity index (χ0n) is 13.4. The van der Waals surface area contributed by atoms with Crippen molar-refractivity contribution in [2.24, 2.45) is 0 Å². The van der Waals surface area contributed by atoms with Gasteiger partial charge in [-0.2, -0.15) is 5.10 Å². The van der Waals surface area contributed by atoms with Crippen molar-refractivity contribution in [3.05, 3.63) is 17.0 Å². The highest BCUT2D eigenvalue weighted by Crippen LogP contribution is 2.19. The predicted molar refractivity (Wildman–Crippen MR) is 85.4 cm³/mol. The zero-order valence-corrected chi connectivity index (χ0v) is 14.2. The van der Waals surface area contributed by atoms with Crippen molar-refractivity contribution in [2.45, 2.75) is 59.0 Å². The molecule has 0 aliphatic heterocycles. The standard InChI is InChI=1S/C15H27N3O2S/c1-4-10-21(19,20)11-9-18-13(3)15(12(2)17-18)7-8-16-14-5-6-14/h14,16H,4-11H2,1-3H3. The predicted octanol–water partition coefficient (Wildman–Crippen LogP) is 1.62. The van der Waals surface area contributed by atoms with Crippen LogP contribution in [0.4, 0.5) is 0 Å². The number of nitrogens with zero attached hydrogens (tertiary/aromatic N) is 2. The molecule has 21 heavy (non-hydrogen) atoms. The van der Waals surface area contributed by atoms with Crippen molar-refractivity contribution >= 4 is 9.84 Å². The molecule has 1 fully saturated rings. The van der Waals surface area contributed by atoms with Crippen LogP contribution in [0.2, 0.25) is 0 Å². The second-order valence-corrected chi connectivity index (χ2v) is 8.31. The molecular formula is C15H27N3O2S. The molecule has 2 rings (SSSR count). The van der Waals surface area contributed by atoms with Crippen LogP contribution in [0.15, 0.2) is 0 Å². The molecule has 0 unspecified atom stereocenters. The fourth-order valence-electron chi connectivity index (χ4n) is 2.64. The topological polar surface area (TPSA) is 64.0 Å². The second kappa shape index (κ2) is 6.92. The summed E-state index contributed by atoms with van der Waals surface area (Å²) in [5.74, 6) is 0.451. The van der Waals surface area contributed by atoms with E-state index in [4.69, 9.17) is 0 Å². The smallest absolute Gasteiger partial charge is 0.152 e. The zero-order chi connectivity index (χ0) is 15.5. The highest BCUT2D eigenvalue weighted by molar-refractivity contribution is 7.91. The summed E-state index contributed by atoms with van der Waals surface area (Å²) in [5.41, 5.74) is 3.39. The number of nitrogens with one attached hydrogen (secondary N) is 1. The number of aromatic nitrogens is 2. The molecule has 1 aliphatic carbocycles. The number of hydrogen-bond acceptors (Lipinski definition) is 4. The van der Waals surface area contributed by atoms with Gasteiger partial charge in [-0.15, -0.1) is 0 Å². The lowest BCUT2D eigenvalue weighted by molar-refractivity contribution is 0.575. The molecular weight excluding hydrogens is 286 g/mol. The summed E-state index contributed by atoms with van der Waals surface area (Å²) in [6.07, 6.45) is 4.24. The maximum Gasteiger partial charge on any atom is 0.152 e. The highest BCUT2D eigenvalue weighted by Gasteiger charge is 2.20. The third-order valence-electron chi connectivity index (χ3n) is 4.05. The summed E-state index contributed by atoms with van der Waals surface area (Å²) < 4.78 is 25.5. The first kappa shape index (κ1) is 16.5. The van der Waals surface area contributed by atoms with Gasteiger partial charge in [0.25, 0.3) is 0 Å². The van der Waals surface area contributed by atoms with Crippen LogP contribution in [0.3, 0.4) is 0 Å². The van der Waals surface area contributed by atoms with E-state index in [-0.39, 0.29) is 11.5 Å². The van der Waals surface area contributed by atoms with Gasteiger partial charge in [0.1, 0.15) is 0 Å². The van der Waals surface area contributed by atoms with E-state index in [9.17, 15) is 8.42 Å². The monoisotopic (exact) mass is 313 g/mol. The van der Waals surface area contributed by atoms with Crippen molar-refractivity contribution in [1.82, 2.24) is 15.1 Å². The van der Waals surface area contributed by atoms with Gasteiger partial charge in [0, 0.05) is 17.5 Å². The van der Waals surface area contributed by atoms with Crippen molar-refractivity contribution in [1.29, 1.82) is 0 Å². The Labute approximate surface area is 128 Å². The van der Waals surface area contributed by atoms with E-state index >= 15 is 0 Å². The van der Waals surface area contributed by atoms with Gasteiger partial charge in [-0.3, -0.25) is 4.68 Å². The Morgan fingerprint density at radius 1 is 1.29 bits per heavy atom. The number of rotatable bonds is 9. The lowest BCUT2D eigenvalue weighted by Gasteiger charge is -2.07. The quantitative estimate of drug-likeness (QED) is 0.752. The summed E-state index contributed by atoms with van der Waals surface area (Å²) in [7, 11) is -2.94. The molecule has 120 valence electrons. The van der Waals surface area contributed by atoms with Crippen molar-refractivity contribution in [3.63, 3.8) is 0 Å². The fraction of sp³-hybridized carbons (Fsp3) is 0.800. The second-order valence-electron chi connectivity index (χ2n) is 6.00. The number of aryl methyl sites for hydroxylation is 2. The Kier molecular flexibility index (Phi) is 5.43. The van der Waals surface area contributed by atoms with E-state index < -0.39 is 9.84 Å². The van der Waals surface area contributed by atoms with Crippen LogP contribution in [-0.2, 0) is 22.8 Å². The van der Waals surface area contributed by atoms with Gasteiger partial charge in [0.05, 0.1) is 18.0 Å². The van der Waals surface area contributed by atoms with E-state index in [1.54, 1.807) is 0 Å². The first-order valence-corrected chi connectivity index (χ1v) is 9.71. The van der Waals surface area contributed by atoms with Gasteiger partial charge in [-0.05, 0) is 51.6 Å². The Bertz CT molecular complexity index is 574. The molecule has 1 aliphatic rings. The van der Waals surface area contributed by atoms with E-state index in [1.165, 1.54) is 18.4 Å². The van der Waals surface area contributed by atoms with Gasteiger partial charge < -0.3 is 5.32 Å². The van der Waals surface area contributed by atoms with Gasteiger partial charge >= 0.3 is 0 Å². The highest BCUT2D eigenvalue weighted by atomic mass is 32.2. The molecule has 0 saturated heterocycles. The molecule has 0 spiro atoms. The molecule has 1 N–H and O–H groups in total. The summed E-state index contributed by atoms with van der Waals surface area (Å²) in [6.45, 7) is 7.39. The van der Waals surface area contributed by atoms with Crippen LogP contribution in [0.5, 0.6) is 0 Å². The number of sulfone groups is 1. The summed E-state index contributed by atoms with van der Waals surface area (Å²) >= 11 is 0. The van der Waals surface area contributed by atoms with Crippen LogP contribution in [0.1, 0.15) is 43.1 Å². The third-order valence-corrected chi connectivity index (χ3v) is 5.88. The largest absolute Gasteiger partial charge is 0.314 e. The maximum absolute atomic E-state index is 11.8. The average molecular weight is 313 g/mol. The Morgan fingerprint density at radius 2 is 2.00 bits per heavy atom. The van der Waals surface area contributed by atoms with Gasteiger partial charge in [0.2, 0.25) is 0 Å². The van der Waals surface area contributed by atoms with Crippen LogP contribution in [-0.4, -0.2) is 42.3 Å². The molecule has 0 atom stereocenters. The SMILES string of the molecule is CCCS(=O)(=O)CCn1nc(C)c(CCNC2CC2)c1C. The molecule has 1 heterocycles. The van der Waals surface area contributed by atoms with Gasteiger partial charge in [0.15, 0.2) is 9.84 Å². The third kappa shape index (κ3) is 4.81. The van der Waals surface area contributed by atoms with Gasteiger partial charge in [-0.1, -0.05) is 6.92 Å². The molecule has 1 saturated carbocycles. The first-order chi connectivity index (χ1) is 9.93. The van der Waals surface area contributed by atoms with Crippen molar-refractivity contribution in [2.75, 3.05) is 18.1 Å². The molecule has 1 aromatic rings. The van der Waals surface area contributed by atoms with Gasteiger partial charge in [-0.25, -0.2) is 8.42 Å². The lowest BCUT2D eigenvalue weighted by atomic mass is 10.1. The lowest BCUT2D eigenvalue weighted by Crippen LogP contribution is -2.20. The summed E-state index contributed by atoms with van der Waals surface area (Å²) in [4.78, 5) is 0. The Balaban J connectivity index is 1.93. The molecule has 0 radical (unpaired) electrons. The van der Waals surface area contributed by atoms with E-state index in [0.29, 0.717) is 13.0 Å². The Hall–Kier alpha value is -0.880. The minimum Gasteiger partial charge on any atom is -0.314 e. The van der Waals surface area contributed by atoms with E-state index in [0.717, 1.165) is 30.4 Å². The molecule has 0 amide bonds. The van der Waals surface area contributed by atoms with E-state index in [2.05, 4.69) is 10.4 Å². The van der Waals surface area contributed by atoms with E-state index in [1.807, 2.05) is 25.5 Å². The maximum atomic E-state index is 11.8. The van der Waals surface area contributed by atoms with Crippen LogP contribution in [0.25, 0.3) is 0 Å². The first-order valence-electron chi connectivity index (χ1n) is 7.89. The molecule has 5 nitrogen and oxygen atoms in total. The average Bonchev–Trinajstić information content (AvgIpc) is 3.18. The molecule has 0 bridgehead atoms. The van der Waals surface area contributed by atoms with Crippen LogP contribution in [0, 0.1) is 13.8 Å². The number of hydrogen-bond donors (Lipinski definition) is 1. The molecule has 1 aromatic heterocycles. The minimum atomic E-state index is -2.94. The van der Waals surface area contributed by atoms with Crippen LogP contribution >= 0.6 is 0 Å². The summed E-state index contributed by atoms with van der Waals surface area (Å²) in [5, 5.41) is 8.02. The summed E-state index contributed by atoms with van der Waals surface area (Å²) in [6, 6.07) is 0.722. The Morgan fingerprint density at radius 3 is 2.62 bits per heavy atom.